The molecule has 0 amide bonds. The molecule has 0 atom stereocenters. The smallest absolute Gasteiger partial charge is 0.172 e. The van der Waals surface area contributed by atoms with Gasteiger partial charge in [-0.3, -0.25) is 0 Å². The second-order valence-electron chi connectivity index (χ2n) is 4.23. The number of benzene rings is 2. The van der Waals surface area contributed by atoms with Crippen LogP contribution in [-0.2, 0) is 11.3 Å². The summed E-state index contributed by atoms with van der Waals surface area (Å²) in [5.41, 5.74) is 3.55. The lowest BCUT2D eigenvalue weighted by Gasteiger charge is -2.04. The van der Waals surface area contributed by atoms with Gasteiger partial charge in [0.25, 0.3) is 0 Å². The van der Waals surface area contributed by atoms with Gasteiger partial charge in [0.2, 0.25) is 0 Å². The Morgan fingerprint density at radius 2 is 1.78 bits per heavy atom. The third-order valence-corrected chi connectivity index (χ3v) is 3.00. The zero-order chi connectivity index (χ0) is 12.2. The standard InChI is InChI=1S/C16H14O2/c1-2-5-13(6-3-1)9-10-15-14-7-4-8-16(15)18-17-12-11-14/h1-10H,11-12H2. The van der Waals surface area contributed by atoms with Crippen LogP contribution >= 0.6 is 0 Å². The van der Waals surface area contributed by atoms with Gasteiger partial charge in [-0.15, -0.1) is 0 Å². The van der Waals surface area contributed by atoms with Crippen molar-refractivity contribution in [1.82, 2.24) is 0 Å². The van der Waals surface area contributed by atoms with Crippen LogP contribution < -0.4 is 4.89 Å². The van der Waals surface area contributed by atoms with Crippen LogP contribution in [0.5, 0.6) is 5.75 Å². The molecule has 0 N–H and O–H groups in total. The van der Waals surface area contributed by atoms with Gasteiger partial charge in [-0.2, -0.15) is 4.89 Å². The molecule has 1 heterocycles. The first-order chi connectivity index (χ1) is 8.93. The molecule has 3 rings (SSSR count). The molecule has 90 valence electrons. The summed E-state index contributed by atoms with van der Waals surface area (Å²) in [6.45, 7) is 0.597. The van der Waals surface area contributed by atoms with Crippen LogP contribution in [0, 0.1) is 0 Å². The fourth-order valence-electron chi connectivity index (χ4n) is 2.07. The summed E-state index contributed by atoms with van der Waals surface area (Å²) in [6.07, 6.45) is 5.06. The molecule has 2 aromatic rings. The van der Waals surface area contributed by atoms with Gasteiger partial charge >= 0.3 is 0 Å². The van der Waals surface area contributed by atoms with Gasteiger partial charge in [0.15, 0.2) is 5.75 Å². The summed E-state index contributed by atoms with van der Waals surface area (Å²) in [6, 6.07) is 16.3. The maximum atomic E-state index is 5.28. The minimum atomic E-state index is 0.597. The van der Waals surface area contributed by atoms with E-state index in [2.05, 4.69) is 30.4 Å². The first-order valence-corrected chi connectivity index (χ1v) is 6.08. The highest BCUT2D eigenvalue weighted by Crippen LogP contribution is 2.27. The molecule has 2 bridgehead atoms. The van der Waals surface area contributed by atoms with Gasteiger partial charge < -0.3 is 4.89 Å². The van der Waals surface area contributed by atoms with Gasteiger partial charge in [0.1, 0.15) is 0 Å². The van der Waals surface area contributed by atoms with E-state index in [1.54, 1.807) is 0 Å². The van der Waals surface area contributed by atoms with E-state index in [9.17, 15) is 0 Å². The molecule has 0 spiro atoms. The molecule has 2 nitrogen and oxygen atoms in total. The van der Waals surface area contributed by atoms with Gasteiger partial charge in [-0.05, 0) is 17.2 Å². The van der Waals surface area contributed by atoms with Crippen molar-refractivity contribution in [3.63, 3.8) is 0 Å². The Balaban J connectivity index is 1.96. The molecule has 1 aliphatic rings. The summed E-state index contributed by atoms with van der Waals surface area (Å²) < 4.78 is 0. The predicted molar refractivity (Wildman–Crippen MR) is 72.1 cm³/mol. The average Bonchev–Trinajstić information content (AvgIpc) is 2.53. The first kappa shape index (κ1) is 11.1. The van der Waals surface area contributed by atoms with Crippen LogP contribution in [0.4, 0.5) is 0 Å². The Hall–Kier alpha value is -2.06. The van der Waals surface area contributed by atoms with E-state index >= 15 is 0 Å². The highest BCUT2D eigenvalue weighted by atomic mass is 17.2. The lowest BCUT2D eigenvalue weighted by molar-refractivity contribution is -0.203. The highest BCUT2D eigenvalue weighted by Gasteiger charge is 2.11. The van der Waals surface area contributed by atoms with Gasteiger partial charge in [0, 0.05) is 12.0 Å². The minimum Gasteiger partial charge on any atom is -0.337 e. The molecule has 0 saturated carbocycles. The molecule has 18 heavy (non-hydrogen) atoms. The summed E-state index contributed by atoms with van der Waals surface area (Å²) in [5.74, 6) is 0.789. The average molecular weight is 238 g/mol. The third kappa shape index (κ3) is 2.29. The Morgan fingerprint density at radius 1 is 0.889 bits per heavy atom. The number of hydrogen-bond donors (Lipinski definition) is 0. The van der Waals surface area contributed by atoms with Crippen LogP contribution in [-0.4, -0.2) is 6.61 Å². The molecule has 0 aliphatic carbocycles. The van der Waals surface area contributed by atoms with Crippen molar-refractivity contribution < 1.29 is 9.78 Å². The van der Waals surface area contributed by atoms with Crippen molar-refractivity contribution in [3.05, 3.63) is 65.2 Å². The lowest BCUT2D eigenvalue weighted by Crippen LogP contribution is -1.96. The highest BCUT2D eigenvalue weighted by molar-refractivity contribution is 5.74. The molecule has 2 heteroatoms. The first-order valence-electron chi connectivity index (χ1n) is 6.08. The number of hydrogen-bond acceptors (Lipinski definition) is 2. The maximum Gasteiger partial charge on any atom is 0.172 e. The van der Waals surface area contributed by atoms with Crippen LogP contribution in [0.1, 0.15) is 16.7 Å². The van der Waals surface area contributed by atoms with Crippen LogP contribution in [0.2, 0.25) is 0 Å². The Bertz CT molecular complexity index is 534. The van der Waals surface area contributed by atoms with Crippen molar-refractivity contribution in [2.24, 2.45) is 0 Å². The quantitative estimate of drug-likeness (QED) is 0.586. The Labute approximate surface area is 106 Å². The maximum absolute atomic E-state index is 5.28. The fourth-order valence-corrected chi connectivity index (χ4v) is 2.07. The molecule has 0 radical (unpaired) electrons. The summed E-state index contributed by atoms with van der Waals surface area (Å²) in [4.78, 5) is 10.4. The zero-order valence-corrected chi connectivity index (χ0v) is 10.0. The van der Waals surface area contributed by atoms with Gasteiger partial charge in [0.05, 0.1) is 6.61 Å². The predicted octanol–water partition coefficient (Wildman–Crippen LogP) is 3.72. The largest absolute Gasteiger partial charge is 0.337 e. The molecule has 0 fully saturated rings. The minimum absolute atomic E-state index is 0.597. The van der Waals surface area contributed by atoms with Gasteiger partial charge in [-0.25, -0.2) is 0 Å². The number of fused-ring (bicyclic) bond motifs is 2. The molecule has 0 aromatic heterocycles. The molecular formula is C16H14O2. The van der Waals surface area contributed by atoms with E-state index in [1.165, 1.54) is 11.1 Å². The SMILES string of the molecule is C(=Cc1c2cccc1OOCC2)c1ccccc1. The molecule has 0 saturated heterocycles. The van der Waals surface area contributed by atoms with E-state index in [0.29, 0.717) is 6.61 Å². The topological polar surface area (TPSA) is 18.5 Å². The van der Waals surface area contributed by atoms with Crippen LogP contribution in [0.15, 0.2) is 48.5 Å². The van der Waals surface area contributed by atoms with Crippen molar-refractivity contribution in [3.8, 4) is 5.75 Å². The Kier molecular flexibility index (Phi) is 3.11. The molecule has 1 aliphatic heterocycles. The van der Waals surface area contributed by atoms with Gasteiger partial charge in [-0.1, -0.05) is 54.6 Å². The summed E-state index contributed by atoms with van der Waals surface area (Å²) in [5, 5.41) is 0. The summed E-state index contributed by atoms with van der Waals surface area (Å²) >= 11 is 0. The van der Waals surface area contributed by atoms with Crippen LogP contribution in [0.3, 0.4) is 0 Å². The van der Waals surface area contributed by atoms with E-state index in [-0.39, 0.29) is 0 Å². The van der Waals surface area contributed by atoms with E-state index < -0.39 is 0 Å². The normalized spacial score (nSPS) is 14.2. The zero-order valence-electron chi connectivity index (χ0n) is 10.0. The molecular weight excluding hydrogens is 224 g/mol. The van der Waals surface area contributed by atoms with Crippen LogP contribution in [0.25, 0.3) is 12.2 Å². The second kappa shape index (κ2) is 5.07. The third-order valence-electron chi connectivity index (χ3n) is 3.00. The summed E-state index contributed by atoms with van der Waals surface area (Å²) in [7, 11) is 0. The molecule has 2 aromatic carbocycles. The Morgan fingerprint density at radius 3 is 2.67 bits per heavy atom. The van der Waals surface area contributed by atoms with E-state index in [0.717, 1.165) is 17.7 Å². The van der Waals surface area contributed by atoms with Crippen molar-refractivity contribution in [2.75, 3.05) is 6.61 Å². The van der Waals surface area contributed by atoms with E-state index in [4.69, 9.17) is 9.78 Å². The van der Waals surface area contributed by atoms with Crippen molar-refractivity contribution in [1.29, 1.82) is 0 Å². The number of rotatable bonds is 2. The van der Waals surface area contributed by atoms with Crippen molar-refractivity contribution in [2.45, 2.75) is 6.42 Å². The monoisotopic (exact) mass is 238 g/mol. The fraction of sp³-hybridized carbons (Fsp3) is 0.125. The second-order valence-corrected chi connectivity index (χ2v) is 4.23. The lowest BCUT2D eigenvalue weighted by atomic mass is 10.0. The molecule has 0 unspecified atom stereocenters. The van der Waals surface area contributed by atoms with E-state index in [1.807, 2.05) is 30.3 Å². The van der Waals surface area contributed by atoms with Crippen molar-refractivity contribution >= 4 is 12.2 Å².